The highest BCUT2D eigenvalue weighted by atomic mass is 35.5. The molecule has 0 spiro atoms. The van der Waals surface area contributed by atoms with E-state index in [1.807, 2.05) is 25.1 Å². The van der Waals surface area contributed by atoms with Crippen LogP contribution < -0.4 is 15.0 Å². The van der Waals surface area contributed by atoms with Gasteiger partial charge in [0.05, 0.1) is 17.2 Å². The zero-order chi connectivity index (χ0) is 22.4. The van der Waals surface area contributed by atoms with Crippen molar-refractivity contribution in [1.29, 1.82) is 0 Å². The Morgan fingerprint density at radius 3 is 2.61 bits per heavy atom. The quantitative estimate of drug-likeness (QED) is 0.517. The van der Waals surface area contributed by atoms with Crippen LogP contribution in [0.25, 0.3) is 0 Å². The summed E-state index contributed by atoms with van der Waals surface area (Å²) in [5.41, 5.74) is 1.98. The fourth-order valence-electron chi connectivity index (χ4n) is 4.01. The van der Waals surface area contributed by atoms with Gasteiger partial charge in [-0.3, -0.25) is 4.79 Å². The predicted octanol–water partition coefficient (Wildman–Crippen LogP) is 4.75. The SMILES string of the molecule is CCOc1cc(CNCCC2(CC)CC(=O)N(c3ccc(C(=O)O)cc3)C2)ccc1Cl. The van der Waals surface area contributed by atoms with E-state index < -0.39 is 5.97 Å². The van der Waals surface area contributed by atoms with Crippen molar-refractivity contribution in [3.63, 3.8) is 0 Å². The summed E-state index contributed by atoms with van der Waals surface area (Å²) in [5, 5.41) is 13.2. The Morgan fingerprint density at radius 1 is 1.23 bits per heavy atom. The minimum Gasteiger partial charge on any atom is -0.492 e. The number of nitrogens with zero attached hydrogens (tertiary/aromatic N) is 1. The van der Waals surface area contributed by atoms with Crippen molar-refractivity contribution in [2.75, 3.05) is 24.6 Å². The lowest BCUT2D eigenvalue weighted by atomic mass is 9.81. The van der Waals surface area contributed by atoms with Crippen LogP contribution >= 0.6 is 11.6 Å². The van der Waals surface area contributed by atoms with E-state index in [0.29, 0.717) is 36.9 Å². The summed E-state index contributed by atoms with van der Waals surface area (Å²) < 4.78 is 5.55. The molecule has 6 nitrogen and oxygen atoms in total. The maximum absolute atomic E-state index is 12.7. The maximum Gasteiger partial charge on any atom is 0.335 e. The topological polar surface area (TPSA) is 78.9 Å². The summed E-state index contributed by atoms with van der Waals surface area (Å²) in [6, 6.07) is 12.3. The number of carboxylic acids is 1. The van der Waals surface area contributed by atoms with Gasteiger partial charge in [0.25, 0.3) is 0 Å². The van der Waals surface area contributed by atoms with Crippen molar-refractivity contribution in [2.24, 2.45) is 5.41 Å². The van der Waals surface area contributed by atoms with Gasteiger partial charge in [0.1, 0.15) is 5.75 Å². The van der Waals surface area contributed by atoms with Gasteiger partial charge in [-0.1, -0.05) is 24.6 Å². The number of carboxylic acid groups (broad SMARTS) is 1. The summed E-state index contributed by atoms with van der Waals surface area (Å²) >= 11 is 6.15. The first-order valence-corrected chi connectivity index (χ1v) is 11.0. The molecule has 1 amide bonds. The van der Waals surface area contributed by atoms with Crippen molar-refractivity contribution in [3.05, 3.63) is 58.6 Å². The minimum absolute atomic E-state index is 0.0870. The number of carbonyl (C=O) groups excluding carboxylic acids is 1. The van der Waals surface area contributed by atoms with Gasteiger partial charge in [-0.25, -0.2) is 4.79 Å². The van der Waals surface area contributed by atoms with E-state index in [0.717, 1.165) is 30.6 Å². The molecule has 2 aromatic carbocycles. The van der Waals surface area contributed by atoms with E-state index in [-0.39, 0.29) is 16.9 Å². The molecule has 1 aliphatic rings. The van der Waals surface area contributed by atoms with Crippen LogP contribution in [0.4, 0.5) is 5.69 Å². The maximum atomic E-state index is 12.7. The van der Waals surface area contributed by atoms with Crippen LogP contribution in [0.2, 0.25) is 5.02 Å². The number of carbonyl (C=O) groups is 2. The van der Waals surface area contributed by atoms with Gasteiger partial charge < -0.3 is 20.1 Å². The second-order valence-corrected chi connectivity index (χ2v) is 8.39. The molecule has 3 rings (SSSR count). The number of aromatic carboxylic acids is 1. The standard InChI is InChI=1S/C24H29ClN2O4/c1-3-24(11-12-26-15-17-5-10-20(25)21(13-17)31-4-2)14-22(28)27(16-24)19-8-6-18(7-9-19)23(29)30/h5-10,13,26H,3-4,11-12,14-16H2,1-2H3,(H,29,30). The highest BCUT2D eigenvalue weighted by Crippen LogP contribution is 2.40. The van der Waals surface area contributed by atoms with Crippen LogP contribution in [0, 0.1) is 5.41 Å². The number of hydrogen-bond donors (Lipinski definition) is 2. The van der Waals surface area contributed by atoms with E-state index in [1.165, 1.54) is 0 Å². The lowest BCUT2D eigenvalue weighted by Gasteiger charge is -2.27. The van der Waals surface area contributed by atoms with Gasteiger partial charge in [-0.15, -0.1) is 0 Å². The van der Waals surface area contributed by atoms with Crippen LogP contribution in [0.1, 0.15) is 49.0 Å². The number of anilines is 1. The Morgan fingerprint density at radius 2 is 1.97 bits per heavy atom. The number of halogens is 1. The molecule has 1 fully saturated rings. The molecular weight excluding hydrogens is 416 g/mol. The second kappa shape index (κ2) is 10.2. The molecule has 31 heavy (non-hydrogen) atoms. The van der Waals surface area contributed by atoms with Crippen LogP contribution in [0.15, 0.2) is 42.5 Å². The Labute approximate surface area is 188 Å². The van der Waals surface area contributed by atoms with Gasteiger partial charge in [-0.2, -0.15) is 0 Å². The molecule has 0 bridgehead atoms. The van der Waals surface area contributed by atoms with Crippen LogP contribution in [0.5, 0.6) is 5.75 Å². The van der Waals surface area contributed by atoms with Gasteiger partial charge in [-0.05, 0) is 73.7 Å². The molecule has 1 aliphatic heterocycles. The number of nitrogens with one attached hydrogen (secondary N) is 1. The summed E-state index contributed by atoms with van der Waals surface area (Å²) in [6.45, 7) is 6.76. The smallest absolute Gasteiger partial charge is 0.335 e. The number of ether oxygens (including phenoxy) is 1. The van der Waals surface area contributed by atoms with E-state index in [4.69, 9.17) is 21.4 Å². The highest BCUT2D eigenvalue weighted by molar-refractivity contribution is 6.32. The molecule has 2 N–H and O–H groups in total. The molecule has 0 aliphatic carbocycles. The molecule has 166 valence electrons. The highest BCUT2D eigenvalue weighted by Gasteiger charge is 2.41. The first-order chi connectivity index (χ1) is 14.9. The first-order valence-electron chi connectivity index (χ1n) is 10.6. The van der Waals surface area contributed by atoms with Crippen molar-refractivity contribution in [3.8, 4) is 5.75 Å². The largest absolute Gasteiger partial charge is 0.492 e. The molecule has 0 radical (unpaired) electrons. The van der Waals surface area contributed by atoms with Crippen molar-refractivity contribution in [2.45, 2.75) is 39.7 Å². The lowest BCUT2D eigenvalue weighted by molar-refractivity contribution is -0.117. The third kappa shape index (κ3) is 5.57. The van der Waals surface area contributed by atoms with Crippen molar-refractivity contribution < 1.29 is 19.4 Å². The van der Waals surface area contributed by atoms with Crippen LogP contribution in [-0.4, -0.2) is 36.7 Å². The van der Waals surface area contributed by atoms with E-state index >= 15 is 0 Å². The van der Waals surface area contributed by atoms with Crippen LogP contribution in [0.3, 0.4) is 0 Å². The first kappa shape index (κ1) is 23.1. The molecule has 1 atom stereocenters. The summed E-state index contributed by atoms with van der Waals surface area (Å²) in [5.74, 6) is -0.189. The molecule has 2 aromatic rings. The average molecular weight is 445 g/mol. The Bertz CT molecular complexity index is 932. The summed E-state index contributed by atoms with van der Waals surface area (Å²) in [6.07, 6.45) is 2.28. The van der Waals surface area contributed by atoms with Gasteiger partial charge in [0.15, 0.2) is 0 Å². The fraction of sp³-hybridized carbons (Fsp3) is 0.417. The number of rotatable bonds is 10. The monoisotopic (exact) mass is 444 g/mol. The molecular formula is C24H29ClN2O4. The molecule has 1 heterocycles. The van der Waals surface area contributed by atoms with Gasteiger partial charge in [0.2, 0.25) is 5.91 Å². The minimum atomic E-state index is -0.970. The van der Waals surface area contributed by atoms with Crippen molar-refractivity contribution >= 4 is 29.2 Å². The Balaban J connectivity index is 1.57. The molecule has 0 aromatic heterocycles. The fourth-order valence-corrected chi connectivity index (χ4v) is 4.18. The van der Waals surface area contributed by atoms with E-state index in [9.17, 15) is 9.59 Å². The third-order valence-electron chi connectivity index (χ3n) is 5.95. The predicted molar refractivity (Wildman–Crippen MR) is 122 cm³/mol. The number of hydrogen-bond acceptors (Lipinski definition) is 4. The van der Waals surface area contributed by atoms with Gasteiger partial charge >= 0.3 is 5.97 Å². The number of benzene rings is 2. The Kier molecular flexibility index (Phi) is 7.57. The normalized spacial score (nSPS) is 18.4. The van der Waals surface area contributed by atoms with Gasteiger partial charge in [0, 0.05) is 25.2 Å². The molecule has 1 saturated heterocycles. The van der Waals surface area contributed by atoms with Crippen LogP contribution in [-0.2, 0) is 11.3 Å². The van der Waals surface area contributed by atoms with E-state index in [2.05, 4.69) is 12.2 Å². The summed E-state index contributed by atoms with van der Waals surface area (Å²) in [4.78, 5) is 25.6. The number of amides is 1. The third-order valence-corrected chi connectivity index (χ3v) is 6.27. The van der Waals surface area contributed by atoms with Crippen molar-refractivity contribution in [1.82, 2.24) is 5.32 Å². The molecule has 1 unspecified atom stereocenters. The molecule has 7 heteroatoms. The Hall–Kier alpha value is -2.57. The zero-order valence-corrected chi connectivity index (χ0v) is 18.7. The molecule has 0 saturated carbocycles. The second-order valence-electron chi connectivity index (χ2n) is 7.99. The average Bonchev–Trinajstić information content (AvgIpc) is 3.10. The zero-order valence-electron chi connectivity index (χ0n) is 18.0. The summed E-state index contributed by atoms with van der Waals surface area (Å²) in [7, 11) is 0. The lowest BCUT2D eigenvalue weighted by Crippen LogP contribution is -2.31. The van der Waals surface area contributed by atoms with E-state index in [1.54, 1.807) is 29.2 Å².